The fourth-order valence-corrected chi connectivity index (χ4v) is 2.03. The lowest BCUT2D eigenvalue weighted by molar-refractivity contribution is -0.385. The number of hydrogen-bond acceptors (Lipinski definition) is 6. The van der Waals surface area contributed by atoms with Gasteiger partial charge in [-0.15, -0.1) is 0 Å². The molecule has 1 heterocycles. The van der Waals surface area contributed by atoms with Gasteiger partial charge in [-0.3, -0.25) is 15.0 Å². The highest BCUT2D eigenvalue weighted by Gasteiger charge is 2.17. The summed E-state index contributed by atoms with van der Waals surface area (Å²) in [5.41, 5.74) is 4.56. The van der Waals surface area contributed by atoms with Gasteiger partial charge in [0.1, 0.15) is 18.2 Å². The topological polar surface area (TPSA) is 103 Å². The number of halogens is 2. The van der Waals surface area contributed by atoms with Crippen LogP contribution < -0.4 is 5.73 Å². The number of amidine groups is 1. The zero-order valence-electron chi connectivity index (χ0n) is 12.2. The zero-order valence-corrected chi connectivity index (χ0v) is 12.2. The summed E-state index contributed by atoms with van der Waals surface area (Å²) in [6.07, 6.45) is 0. The van der Waals surface area contributed by atoms with E-state index in [1.807, 2.05) is 4.90 Å². The van der Waals surface area contributed by atoms with Crippen LogP contribution in [-0.2, 0) is 16.2 Å². The van der Waals surface area contributed by atoms with E-state index < -0.39 is 34.4 Å². The van der Waals surface area contributed by atoms with Crippen LogP contribution in [0, 0.1) is 21.7 Å². The van der Waals surface area contributed by atoms with Crippen molar-refractivity contribution in [1.29, 1.82) is 0 Å². The SMILES string of the molecule is NC(CN1CCOCC1)=NOCc1c(F)cc([N+](=O)[O-])cc1F. The van der Waals surface area contributed by atoms with Crippen molar-refractivity contribution in [3.63, 3.8) is 0 Å². The molecular formula is C13H16F2N4O4. The number of benzene rings is 1. The third-order valence-corrected chi connectivity index (χ3v) is 3.22. The number of hydrogen-bond donors (Lipinski definition) is 1. The molecule has 2 rings (SSSR count). The van der Waals surface area contributed by atoms with Crippen LogP contribution in [0.25, 0.3) is 0 Å². The predicted octanol–water partition coefficient (Wildman–Crippen LogP) is 0.994. The third kappa shape index (κ3) is 4.83. The Morgan fingerprint density at radius 2 is 2.00 bits per heavy atom. The van der Waals surface area contributed by atoms with Crippen molar-refractivity contribution in [3.8, 4) is 0 Å². The van der Waals surface area contributed by atoms with Gasteiger partial charge in [-0.2, -0.15) is 0 Å². The van der Waals surface area contributed by atoms with Crippen molar-refractivity contribution in [2.24, 2.45) is 10.9 Å². The Morgan fingerprint density at radius 1 is 1.39 bits per heavy atom. The van der Waals surface area contributed by atoms with Gasteiger partial charge >= 0.3 is 0 Å². The van der Waals surface area contributed by atoms with E-state index in [4.69, 9.17) is 15.3 Å². The van der Waals surface area contributed by atoms with E-state index in [1.165, 1.54) is 0 Å². The summed E-state index contributed by atoms with van der Waals surface area (Å²) >= 11 is 0. The first-order valence-electron chi connectivity index (χ1n) is 6.84. The first-order valence-corrected chi connectivity index (χ1v) is 6.84. The van der Waals surface area contributed by atoms with E-state index in [0.717, 1.165) is 0 Å². The molecular weight excluding hydrogens is 314 g/mol. The van der Waals surface area contributed by atoms with Gasteiger partial charge < -0.3 is 15.3 Å². The molecule has 2 N–H and O–H groups in total. The predicted molar refractivity (Wildman–Crippen MR) is 76.7 cm³/mol. The van der Waals surface area contributed by atoms with Crippen molar-refractivity contribution in [1.82, 2.24) is 4.90 Å². The van der Waals surface area contributed by atoms with Gasteiger partial charge in [0.15, 0.2) is 5.84 Å². The summed E-state index contributed by atoms with van der Waals surface area (Å²) in [6, 6.07) is 1.26. The standard InChI is InChI=1S/C13H16F2N4O4/c14-11-5-9(19(20)21)6-12(15)10(11)8-23-17-13(16)7-18-1-3-22-4-2-18/h5-6H,1-4,7-8H2,(H2,16,17). The molecule has 1 fully saturated rings. The van der Waals surface area contributed by atoms with Crippen LogP contribution in [0.15, 0.2) is 17.3 Å². The number of morpholine rings is 1. The van der Waals surface area contributed by atoms with Gasteiger partial charge in [0.05, 0.1) is 42.4 Å². The summed E-state index contributed by atoms with van der Waals surface area (Å²) < 4.78 is 32.5. The summed E-state index contributed by atoms with van der Waals surface area (Å²) in [5, 5.41) is 14.1. The van der Waals surface area contributed by atoms with Crippen molar-refractivity contribution >= 4 is 11.5 Å². The Morgan fingerprint density at radius 3 is 2.57 bits per heavy atom. The van der Waals surface area contributed by atoms with Crippen LogP contribution in [0.3, 0.4) is 0 Å². The van der Waals surface area contributed by atoms with Crippen LogP contribution in [0.5, 0.6) is 0 Å². The van der Waals surface area contributed by atoms with E-state index in [1.54, 1.807) is 0 Å². The molecule has 0 aliphatic carbocycles. The maximum atomic E-state index is 13.6. The molecule has 23 heavy (non-hydrogen) atoms. The number of nitrogens with zero attached hydrogens (tertiary/aromatic N) is 3. The molecule has 0 saturated carbocycles. The van der Waals surface area contributed by atoms with Crippen molar-refractivity contribution in [3.05, 3.63) is 39.4 Å². The number of nitro groups is 1. The minimum absolute atomic E-state index is 0.162. The van der Waals surface area contributed by atoms with Crippen LogP contribution >= 0.6 is 0 Å². The van der Waals surface area contributed by atoms with Crippen LogP contribution in [0.4, 0.5) is 14.5 Å². The molecule has 0 aromatic heterocycles. The lowest BCUT2D eigenvalue weighted by Gasteiger charge is -2.25. The van der Waals surface area contributed by atoms with Gasteiger partial charge in [0.25, 0.3) is 5.69 Å². The second kappa shape index (κ2) is 7.79. The fourth-order valence-electron chi connectivity index (χ4n) is 2.03. The summed E-state index contributed by atoms with van der Waals surface area (Å²) in [5.74, 6) is -1.98. The number of non-ortho nitro benzene ring substituents is 1. The Hall–Kier alpha value is -2.33. The monoisotopic (exact) mass is 330 g/mol. The van der Waals surface area contributed by atoms with Gasteiger partial charge in [-0.05, 0) is 0 Å². The molecule has 0 atom stereocenters. The highest BCUT2D eigenvalue weighted by atomic mass is 19.1. The van der Waals surface area contributed by atoms with Crippen molar-refractivity contribution < 1.29 is 23.3 Å². The molecule has 0 amide bonds. The average molecular weight is 330 g/mol. The third-order valence-electron chi connectivity index (χ3n) is 3.22. The molecule has 1 aromatic rings. The van der Waals surface area contributed by atoms with Crippen LogP contribution in [0.1, 0.15) is 5.56 Å². The second-order valence-corrected chi connectivity index (χ2v) is 4.89. The van der Waals surface area contributed by atoms with Gasteiger partial charge in [0, 0.05) is 13.1 Å². The van der Waals surface area contributed by atoms with Crippen molar-refractivity contribution in [2.75, 3.05) is 32.8 Å². The second-order valence-electron chi connectivity index (χ2n) is 4.89. The molecule has 126 valence electrons. The van der Waals surface area contributed by atoms with Crippen molar-refractivity contribution in [2.45, 2.75) is 6.61 Å². The first-order chi connectivity index (χ1) is 11.0. The highest BCUT2D eigenvalue weighted by molar-refractivity contribution is 5.81. The molecule has 0 bridgehead atoms. The van der Waals surface area contributed by atoms with E-state index in [2.05, 4.69) is 5.16 Å². The van der Waals surface area contributed by atoms with Gasteiger partial charge in [-0.25, -0.2) is 8.78 Å². The Labute approximate surface area is 130 Å². The fraction of sp³-hybridized carbons (Fsp3) is 0.462. The molecule has 1 aliphatic heterocycles. The number of oxime groups is 1. The quantitative estimate of drug-likeness (QED) is 0.361. The minimum atomic E-state index is -1.07. The average Bonchev–Trinajstić information content (AvgIpc) is 2.50. The van der Waals surface area contributed by atoms with E-state index in [-0.39, 0.29) is 5.84 Å². The maximum absolute atomic E-state index is 13.6. The van der Waals surface area contributed by atoms with Gasteiger partial charge in [-0.1, -0.05) is 5.16 Å². The Kier molecular flexibility index (Phi) is 5.77. The molecule has 1 aromatic carbocycles. The zero-order chi connectivity index (χ0) is 16.8. The Balaban J connectivity index is 1.92. The molecule has 0 spiro atoms. The molecule has 1 aliphatic rings. The molecule has 0 unspecified atom stereocenters. The normalized spacial score (nSPS) is 16.3. The lowest BCUT2D eigenvalue weighted by Crippen LogP contribution is -2.41. The summed E-state index contributed by atoms with van der Waals surface area (Å²) in [4.78, 5) is 16.5. The van der Waals surface area contributed by atoms with Crippen LogP contribution in [0.2, 0.25) is 0 Å². The largest absolute Gasteiger partial charge is 0.389 e. The lowest BCUT2D eigenvalue weighted by atomic mass is 10.2. The maximum Gasteiger partial charge on any atom is 0.275 e. The highest BCUT2D eigenvalue weighted by Crippen LogP contribution is 2.21. The first kappa shape index (κ1) is 17.0. The number of nitro benzene ring substituents is 1. The summed E-state index contributed by atoms with van der Waals surface area (Å²) in [7, 11) is 0. The molecule has 8 nitrogen and oxygen atoms in total. The molecule has 1 saturated heterocycles. The number of rotatable bonds is 6. The van der Waals surface area contributed by atoms with Crippen LogP contribution in [-0.4, -0.2) is 48.5 Å². The van der Waals surface area contributed by atoms with E-state index in [9.17, 15) is 18.9 Å². The van der Waals surface area contributed by atoms with E-state index in [0.29, 0.717) is 45.0 Å². The summed E-state index contributed by atoms with van der Waals surface area (Å²) in [6.45, 7) is 2.47. The molecule has 10 heteroatoms. The smallest absolute Gasteiger partial charge is 0.275 e. The Bertz CT molecular complexity index is 583. The number of nitrogens with two attached hydrogens (primary N) is 1. The van der Waals surface area contributed by atoms with Gasteiger partial charge in [0.2, 0.25) is 0 Å². The van der Waals surface area contributed by atoms with E-state index >= 15 is 0 Å². The minimum Gasteiger partial charge on any atom is -0.389 e. The number of ether oxygens (including phenoxy) is 1. The molecule has 0 radical (unpaired) electrons.